The van der Waals surface area contributed by atoms with Gasteiger partial charge in [-0.1, -0.05) is 29.8 Å². The van der Waals surface area contributed by atoms with Crippen LogP contribution in [0.3, 0.4) is 0 Å². The zero-order chi connectivity index (χ0) is 24.9. The molecule has 2 aromatic carbocycles. The minimum Gasteiger partial charge on any atom is -0.494 e. The number of aromatic nitrogens is 5. The fraction of sp³-hybridized carbons (Fsp3) is 0.385. The molecule has 0 aliphatic carbocycles. The van der Waals surface area contributed by atoms with Crippen molar-refractivity contribution in [2.24, 2.45) is 0 Å². The molecule has 5 rings (SSSR count). The van der Waals surface area contributed by atoms with Gasteiger partial charge in [-0.05, 0) is 66.1 Å². The molecule has 188 valence electrons. The maximum atomic E-state index is 13.0. The molecule has 3 heterocycles. The third-order valence-electron chi connectivity index (χ3n) is 6.32. The molecule has 2 aromatic heterocycles. The van der Waals surface area contributed by atoms with Gasteiger partial charge < -0.3 is 14.5 Å². The van der Waals surface area contributed by atoms with Crippen molar-refractivity contribution >= 4 is 22.5 Å². The molecule has 0 radical (unpaired) electrons. The maximum Gasteiger partial charge on any atom is 0.252 e. The van der Waals surface area contributed by atoms with E-state index in [4.69, 9.17) is 21.1 Å². The zero-order valence-electron chi connectivity index (χ0n) is 20.2. The van der Waals surface area contributed by atoms with E-state index in [1.54, 1.807) is 4.68 Å². The largest absolute Gasteiger partial charge is 0.494 e. The number of nitrogens with one attached hydrogen (secondary N) is 1. The Morgan fingerprint density at radius 1 is 1.17 bits per heavy atom. The summed E-state index contributed by atoms with van der Waals surface area (Å²) in [7, 11) is 0. The molecule has 0 amide bonds. The van der Waals surface area contributed by atoms with Crippen LogP contribution in [0, 0.1) is 0 Å². The molecule has 1 N–H and O–H groups in total. The van der Waals surface area contributed by atoms with Gasteiger partial charge >= 0.3 is 0 Å². The van der Waals surface area contributed by atoms with Crippen molar-refractivity contribution in [1.29, 1.82) is 0 Å². The normalized spacial score (nSPS) is 15.7. The Morgan fingerprint density at radius 3 is 2.83 bits per heavy atom. The van der Waals surface area contributed by atoms with Crippen LogP contribution in [-0.2, 0) is 30.9 Å². The third-order valence-corrected chi connectivity index (χ3v) is 6.69. The highest BCUT2D eigenvalue weighted by atomic mass is 35.5. The van der Waals surface area contributed by atoms with Gasteiger partial charge in [0.25, 0.3) is 5.56 Å². The fourth-order valence-corrected chi connectivity index (χ4v) is 4.73. The van der Waals surface area contributed by atoms with Gasteiger partial charge in [0.1, 0.15) is 5.75 Å². The highest BCUT2D eigenvalue weighted by molar-refractivity contribution is 6.31. The first-order valence-corrected chi connectivity index (χ1v) is 12.6. The van der Waals surface area contributed by atoms with Crippen molar-refractivity contribution in [2.45, 2.75) is 52.0 Å². The van der Waals surface area contributed by atoms with Gasteiger partial charge in [-0.25, -0.2) is 4.68 Å². The van der Waals surface area contributed by atoms with Gasteiger partial charge in [0.2, 0.25) is 0 Å². The Kier molecular flexibility index (Phi) is 7.60. The molecular weight excluding hydrogens is 480 g/mol. The van der Waals surface area contributed by atoms with E-state index < -0.39 is 0 Å². The van der Waals surface area contributed by atoms with E-state index in [1.807, 2.05) is 55.5 Å². The predicted molar refractivity (Wildman–Crippen MR) is 137 cm³/mol. The summed E-state index contributed by atoms with van der Waals surface area (Å²) in [6, 6.07) is 15.3. The van der Waals surface area contributed by atoms with E-state index in [2.05, 4.69) is 25.4 Å². The van der Waals surface area contributed by atoms with Gasteiger partial charge in [0.05, 0.1) is 25.8 Å². The first-order valence-electron chi connectivity index (χ1n) is 12.2. The summed E-state index contributed by atoms with van der Waals surface area (Å²) in [5, 5.41) is 14.0. The van der Waals surface area contributed by atoms with Crippen molar-refractivity contribution in [2.75, 3.05) is 13.2 Å². The van der Waals surface area contributed by atoms with Crippen LogP contribution in [0.25, 0.3) is 10.9 Å². The summed E-state index contributed by atoms with van der Waals surface area (Å²) >= 11 is 6.48. The molecule has 10 heteroatoms. The van der Waals surface area contributed by atoms with Crippen molar-refractivity contribution in [3.63, 3.8) is 0 Å². The van der Waals surface area contributed by atoms with Gasteiger partial charge in [0.15, 0.2) is 5.82 Å². The topological polar surface area (TPSA) is 98.2 Å². The SMILES string of the molecule is CCOc1ccc2[nH]c(=O)c(CN(Cc3ccccc3Cl)Cc3nnnn3CC3CCCO3)cc2c1. The lowest BCUT2D eigenvalue weighted by molar-refractivity contribution is 0.0914. The Hall–Kier alpha value is -3.27. The number of pyridine rings is 1. The predicted octanol–water partition coefficient (Wildman–Crippen LogP) is 3.95. The summed E-state index contributed by atoms with van der Waals surface area (Å²) in [6.07, 6.45) is 2.17. The number of ether oxygens (including phenoxy) is 2. The highest BCUT2D eigenvalue weighted by Gasteiger charge is 2.21. The number of hydrogen-bond acceptors (Lipinski definition) is 7. The highest BCUT2D eigenvalue weighted by Crippen LogP contribution is 2.22. The van der Waals surface area contributed by atoms with Crippen LogP contribution in [-0.4, -0.2) is 49.4 Å². The number of hydrogen-bond donors (Lipinski definition) is 1. The van der Waals surface area contributed by atoms with E-state index >= 15 is 0 Å². The van der Waals surface area contributed by atoms with E-state index in [1.165, 1.54) is 0 Å². The molecular formula is C26H29ClN6O3. The monoisotopic (exact) mass is 508 g/mol. The zero-order valence-corrected chi connectivity index (χ0v) is 20.9. The molecule has 0 saturated carbocycles. The van der Waals surface area contributed by atoms with Crippen LogP contribution >= 0.6 is 11.6 Å². The quantitative estimate of drug-likeness (QED) is 0.346. The molecule has 0 spiro atoms. The number of benzene rings is 2. The van der Waals surface area contributed by atoms with Crippen LogP contribution in [0.2, 0.25) is 5.02 Å². The van der Waals surface area contributed by atoms with Crippen molar-refractivity contribution in [3.05, 3.63) is 80.9 Å². The molecule has 0 bridgehead atoms. The lowest BCUT2D eigenvalue weighted by Crippen LogP contribution is -2.29. The van der Waals surface area contributed by atoms with Crippen molar-refractivity contribution in [1.82, 2.24) is 30.1 Å². The maximum absolute atomic E-state index is 13.0. The molecule has 36 heavy (non-hydrogen) atoms. The Balaban J connectivity index is 1.44. The number of H-pyrrole nitrogens is 1. The first-order chi connectivity index (χ1) is 17.6. The summed E-state index contributed by atoms with van der Waals surface area (Å²) < 4.78 is 13.2. The average Bonchev–Trinajstić information content (AvgIpc) is 3.54. The minimum absolute atomic E-state index is 0.118. The van der Waals surface area contributed by atoms with Crippen LogP contribution in [0.1, 0.15) is 36.7 Å². The molecule has 9 nitrogen and oxygen atoms in total. The Morgan fingerprint density at radius 2 is 2.03 bits per heavy atom. The molecule has 1 fully saturated rings. The number of nitrogens with zero attached hydrogens (tertiary/aromatic N) is 5. The van der Waals surface area contributed by atoms with Crippen molar-refractivity contribution < 1.29 is 9.47 Å². The van der Waals surface area contributed by atoms with Gasteiger partial charge in [-0.3, -0.25) is 9.69 Å². The second kappa shape index (κ2) is 11.2. The molecule has 1 aliphatic rings. The molecule has 4 aromatic rings. The van der Waals surface area contributed by atoms with Crippen LogP contribution in [0.15, 0.2) is 53.3 Å². The van der Waals surface area contributed by atoms with E-state index in [9.17, 15) is 4.79 Å². The fourth-order valence-electron chi connectivity index (χ4n) is 4.54. The minimum atomic E-state index is -0.130. The lowest BCUT2D eigenvalue weighted by atomic mass is 10.1. The second-order valence-electron chi connectivity index (χ2n) is 8.95. The van der Waals surface area contributed by atoms with Crippen LogP contribution in [0.5, 0.6) is 5.75 Å². The smallest absolute Gasteiger partial charge is 0.252 e. The first kappa shape index (κ1) is 24.4. The van der Waals surface area contributed by atoms with Crippen LogP contribution in [0.4, 0.5) is 0 Å². The van der Waals surface area contributed by atoms with Gasteiger partial charge in [-0.2, -0.15) is 0 Å². The standard InChI is InChI=1S/C26H29ClN6O3/c1-2-35-21-9-10-24-19(13-21)12-20(26(34)28-24)15-32(14-18-6-3-4-8-23(18)27)17-25-29-30-31-33(25)16-22-7-5-11-36-22/h3-4,6,8-10,12-13,22H,2,5,7,11,14-17H2,1H3,(H,28,34). The summed E-state index contributed by atoms with van der Waals surface area (Å²) in [5.41, 5.74) is 2.25. The molecule has 1 unspecified atom stereocenters. The summed E-state index contributed by atoms with van der Waals surface area (Å²) in [4.78, 5) is 18.1. The van der Waals surface area contributed by atoms with Crippen molar-refractivity contribution in [3.8, 4) is 5.75 Å². The average molecular weight is 509 g/mol. The number of rotatable bonds is 10. The lowest BCUT2D eigenvalue weighted by Gasteiger charge is -2.23. The van der Waals surface area contributed by atoms with E-state index in [0.29, 0.717) is 49.2 Å². The van der Waals surface area contributed by atoms with Gasteiger partial charge in [-0.15, -0.1) is 5.10 Å². The third kappa shape index (κ3) is 5.75. The van der Waals surface area contributed by atoms with E-state index in [-0.39, 0.29) is 11.7 Å². The Labute approximate surface area is 214 Å². The molecule has 1 saturated heterocycles. The number of halogens is 1. The number of tetrazole rings is 1. The molecule has 1 aliphatic heterocycles. The molecule has 1 atom stereocenters. The summed E-state index contributed by atoms with van der Waals surface area (Å²) in [6.45, 7) is 5.28. The Bertz CT molecular complexity index is 1380. The second-order valence-corrected chi connectivity index (χ2v) is 9.36. The van der Waals surface area contributed by atoms with Gasteiger partial charge in [0, 0.05) is 41.2 Å². The number of aromatic amines is 1. The van der Waals surface area contributed by atoms with Crippen LogP contribution < -0.4 is 10.3 Å². The number of fused-ring (bicyclic) bond motifs is 1. The summed E-state index contributed by atoms with van der Waals surface area (Å²) in [5.74, 6) is 1.48. The van der Waals surface area contributed by atoms with E-state index in [0.717, 1.165) is 41.7 Å².